The van der Waals surface area contributed by atoms with Crippen molar-refractivity contribution in [3.63, 3.8) is 0 Å². The number of aromatic nitrogens is 2. The summed E-state index contributed by atoms with van der Waals surface area (Å²) >= 11 is 0. The van der Waals surface area contributed by atoms with E-state index in [1.54, 1.807) is 0 Å². The van der Waals surface area contributed by atoms with E-state index in [0.717, 1.165) is 12.0 Å². The van der Waals surface area contributed by atoms with Crippen LogP contribution in [0.3, 0.4) is 0 Å². The molecule has 0 fully saturated rings. The van der Waals surface area contributed by atoms with Gasteiger partial charge in [-0.25, -0.2) is 18.7 Å². The molecule has 35 heavy (non-hydrogen) atoms. The molecular formula is C30H46F2N2O. The van der Waals surface area contributed by atoms with Crippen molar-refractivity contribution in [2.24, 2.45) is 0 Å². The van der Waals surface area contributed by atoms with Gasteiger partial charge in [-0.3, -0.25) is 0 Å². The standard InChI is InChI=1S/C30H46F2N2O/c1-3-5-6-7-8-9-10-11-12-13-15-25-22-33-30(34-23-25)26-18-20-29(21-19-26)35-24-28(32)17-14-16-27(31)4-2/h18-23,27-28H,3-17,24H2,1-2H3. The van der Waals surface area contributed by atoms with E-state index in [1.807, 2.05) is 43.6 Å². The van der Waals surface area contributed by atoms with Crippen molar-refractivity contribution in [1.82, 2.24) is 9.97 Å². The lowest BCUT2D eigenvalue weighted by atomic mass is 10.0. The Morgan fingerprint density at radius 3 is 1.89 bits per heavy atom. The number of hydrogen-bond donors (Lipinski definition) is 0. The molecular weight excluding hydrogens is 442 g/mol. The molecule has 0 aliphatic rings. The first kappa shape index (κ1) is 29.2. The van der Waals surface area contributed by atoms with Crippen LogP contribution >= 0.6 is 0 Å². The molecule has 1 heterocycles. The molecule has 0 N–H and O–H groups in total. The Labute approximate surface area is 212 Å². The highest BCUT2D eigenvalue weighted by molar-refractivity contribution is 5.55. The average Bonchev–Trinajstić information content (AvgIpc) is 2.89. The van der Waals surface area contributed by atoms with Gasteiger partial charge in [0.2, 0.25) is 0 Å². The molecule has 196 valence electrons. The number of benzene rings is 1. The van der Waals surface area contributed by atoms with Crippen molar-refractivity contribution in [2.75, 3.05) is 6.61 Å². The molecule has 2 atom stereocenters. The second kappa shape index (κ2) is 18.3. The van der Waals surface area contributed by atoms with Gasteiger partial charge in [-0.05, 0) is 68.4 Å². The first-order chi connectivity index (χ1) is 17.1. The van der Waals surface area contributed by atoms with Crippen LogP contribution in [0.4, 0.5) is 8.78 Å². The summed E-state index contributed by atoms with van der Waals surface area (Å²) in [6.45, 7) is 4.06. The van der Waals surface area contributed by atoms with Gasteiger partial charge in [0.25, 0.3) is 0 Å². The lowest BCUT2D eigenvalue weighted by Crippen LogP contribution is -2.13. The van der Waals surface area contributed by atoms with Gasteiger partial charge in [-0.15, -0.1) is 0 Å². The Bertz CT molecular complexity index is 767. The highest BCUT2D eigenvalue weighted by atomic mass is 19.1. The first-order valence-electron chi connectivity index (χ1n) is 13.9. The lowest BCUT2D eigenvalue weighted by molar-refractivity contribution is 0.178. The zero-order valence-electron chi connectivity index (χ0n) is 22.0. The molecule has 0 bridgehead atoms. The Balaban J connectivity index is 1.62. The Kier molecular flexibility index (Phi) is 15.2. The van der Waals surface area contributed by atoms with Crippen LogP contribution in [-0.4, -0.2) is 28.9 Å². The van der Waals surface area contributed by atoms with Crippen LogP contribution < -0.4 is 4.74 Å². The molecule has 0 saturated heterocycles. The Hall–Kier alpha value is -2.04. The van der Waals surface area contributed by atoms with Gasteiger partial charge in [-0.1, -0.05) is 71.6 Å². The third kappa shape index (κ3) is 13.0. The molecule has 0 amide bonds. The lowest BCUT2D eigenvalue weighted by Gasteiger charge is -2.11. The van der Waals surface area contributed by atoms with Crippen molar-refractivity contribution >= 4 is 0 Å². The minimum absolute atomic E-state index is 0.00736. The summed E-state index contributed by atoms with van der Waals surface area (Å²) in [6, 6.07) is 7.43. The van der Waals surface area contributed by atoms with E-state index in [0.29, 0.717) is 37.3 Å². The molecule has 2 unspecified atom stereocenters. The number of ether oxygens (including phenoxy) is 1. The zero-order valence-corrected chi connectivity index (χ0v) is 22.0. The van der Waals surface area contributed by atoms with Crippen LogP contribution in [0.15, 0.2) is 36.7 Å². The molecule has 0 radical (unpaired) electrons. The van der Waals surface area contributed by atoms with Gasteiger partial charge < -0.3 is 4.74 Å². The summed E-state index contributed by atoms with van der Waals surface area (Å²) in [5, 5.41) is 0. The zero-order chi connectivity index (χ0) is 25.1. The fraction of sp³-hybridized carbons (Fsp3) is 0.667. The second-order valence-electron chi connectivity index (χ2n) is 9.72. The van der Waals surface area contributed by atoms with Crippen LogP contribution in [-0.2, 0) is 6.42 Å². The molecule has 0 aliphatic carbocycles. The predicted octanol–water partition coefficient (Wildman–Crippen LogP) is 9.24. The molecule has 1 aromatic carbocycles. The quantitative estimate of drug-likeness (QED) is 0.174. The Morgan fingerprint density at radius 1 is 0.714 bits per heavy atom. The van der Waals surface area contributed by atoms with Crippen molar-refractivity contribution in [1.29, 1.82) is 0 Å². The topological polar surface area (TPSA) is 35.0 Å². The molecule has 0 aliphatic heterocycles. The third-order valence-corrected chi connectivity index (χ3v) is 6.55. The second-order valence-corrected chi connectivity index (χ2v) is 9.72. The fourth-order valence-electron chi connectivity index (χ4n) is 4.18. The minimum atomic E-state index is -1.08. The number of halogens is 2. The summed E-state index contributed by atoms with van der Waals surface area (Å²) in [5.41, 5.74) is 2.09. The van der Waals surface area contributed by atoms with E-state index in [1.165, 1.54) is 69.8 Å². The largest absolute Gasteiger partial charge is 0.491 e. The highest BCUT2D eigenvalue weighted by Gasteiger charge is 2.10. The molecule has 5 heteroatoms. The number of rotatable bonds is 20. The van der Waals surface area contributed by atoms with Gasteiger partial charge >= 0.3 is 0 Å². The summed E-state index contributed by atoms with van der Waals surface area (Å²) in [5.74, 6) is 1.30. The fourth-order valence-corrected chi connectivity index (χ4v) is 4.18. The van der Waals surface area contributed by atoms with E-state index < -0.39 is 12.3 Å². The summed E-state index contributed by atoms with van der Waals surface area (Å²) in [7, 11) is 0. The number of alkyl halides is 2. The predicted molar refractivity (Wildman–Crippen MR) is 142 cm³/mol. The van der Waals surface area contributed by atoms with Crippen molar-refractivity contribution in [3.05, 3.63) is 42.2 Å². The van der Waals surface area contributed by atoms with Gasteiger partial charge in [0.1, 0.15) is 18.5 Å². The van der Waals surface area contributed by atoms with E-state index in [4.69, 9.17) is 4.74 Å². The number of aryl methyl sites for hydroxylation is 1. The van der Waals surface area contributed by atoms with E-state index in [-0.39, 0.29) is 6.61 Å². The highest BCUT2D eigenvalue weighted by Crippen LogP contribution is 2.21. The summed E-state index contributed by atoms with van der Waals surface area (Å²) in [6.07, 6.45) is 18.1. The molecule has 1 aromatic heterocycles. The normalized spacial score (nSPS) is 13.0. The maximum absolute atomic E-state index is 14.0. The molecule has 0 spiro atoms. The SMILES string of the molecule is CCCCCCCCCCCCc1cnc(-c2ccc(OCC(F)CCCC(F)CC)cc2)nc1. The van der Waals surface area contributed by atoms with Crippen molar-refractivity contribution < 1.29 is 13.5 Å². The number of nitrogens with zero attached hydrogens (tertiary/aromatic N) is 2. The minimum Gasteiger partial charge on any atom is -0.491 e. The summed E-state index contributed by atoms with van der Waals surface area (Å²) in [4.78, 5) is 9.06. The maximum Gasteiger partial charge on any atom is 0.159 e. The van der Waals surface area contributed by atoms with Crippen LogP contribution in [0.2, 0.25) is 0 Å². The molecule has 0 saturated carbocycles. The van der Waals surface area contributed by atoms with Crippen LogP contribution in [0.5, 0.6) is 5.75 Å². The summed E-state index contributed by atoms with van der Waals surface area (Å²) < 4.78 is 32.7. The maximum atomic E-state index is 14.0. The van der Waals surface area contributed by atoms with Crippen LogP contribution in [0, 0.1) is 0 Å². The molecule has 2 rings (SSSR count). The number of unbranched alkanes of at least 4 members (excludes halogenated alkanes) is 9. The Morgan fingerprint density at radius 2 is 1.29 bits per heavy atom. The van der Waals surface area contributed by atoms with E-state index >= 15 is 0 Å². The van der Waals surface area contributed by atoms with Crippen molar-refractivity contribution in [3.8, 4) is 17.1 Å². The first-order valence-corrected chi connectivity index (χ1v) is 13.9. The van der Waals surface area contributed by atoms with Gasteiger partial charge in [0.05, 0.1) is 6.17 Å². The van der Waals surface area contributed by atoms with Gasteiger partial charge in [0.15, 0.2) is 5.82 Å². The molecule has 2 aromatic rings. The van der Waals surface area contributed by atoms with Gasteiger partial charge in [0, 0.05) is 18.0 Å². The van der Waals surface area contributed by atoms with Crippen molar-refractivity contribution in [2.45, 2.75) is 123 Å². The number of hydrogen-bond acceptors (Lipinski definition) is 3. The van der Waals surface area contributed by atoms with E-state index in [9.17, 15) is 8.78 Å². The van der Waals surface area contributed by atoms with Crippen LogP contribution in [0.25, 0.3) is 11.4 Å². The third-order valence-electron chi connectivity index (χ3n) is 6.55. The monoisotopic (exact) mass is 488 g/mol. The van der Waals surface area contributed by atoms with Gasteiger partial charge in [-0.2, -0.15) is 0 Å². The van der Waals surface area contributed by atoms with E-state index in [2.05, 4.69) is 16.9 Å². The molecule has 3 nitrogen and oxygen atoms in total. The van der Waals surface area contributed by atoms with Crippen LogP contribution in [0.1, 0.15) is 109 Å². The average molecular weight is 489 g/mol. The smallest absolute Gasteiger partial charge is 0.159 e.